The normalized spacial score (nSPS) is 14.0. The Hall–Kier alpha value is -2.34. The summed E-state index contributed by atoms with van der Waals surface area (Å²) in [6.45, 7) is 14.2. The molecule has 1 N–H and O–H groups in total. The SMILES string of the molecule is CCC(=O)O[C@H](CC)CC(=O)OCCSC[C@H](NC(=O)OC(C)(C)C)C(=O)C[C@@H](COC(C)(C)C)C(=O)OC. The molecule has 0 aliphatic carbocycles. The fraction of sp³-hybridized carbons (Fsp3) is 0.815. The Morgan fingerprint density at radius 1 is 0.897 bits per heavy atom. The summed E-state index contributed by atoms with van der Waals surface area (Å²) in [6, 6.07) is -0.958. The second kappa shape index (κ2) is 18.1. The van der Waals surface area contributed by atoms with Gasteiger partial charge in [-0.25, -0.2) is 4.79 Å². The van der Waals surface area contributed by atoms with Crippen molar-refractivity contribution in [2.45, 2.75) is 104 Å². The monoisotopic (exact) mass is 577 g/mol. The zero-order valence-electron chi connectivity index (χ0n) is 24.9. The van der Waals surface area contributed by atoms with Crippen LogP contribution in [0.1, 0.15) is 81.1 Å². The van der Waals surface area contributed by atoms with Crippen molar-refractivity contribution >= 4 is 41.5 Å². The quantitative estimate of drug-likeness (QED) is 0.153. The summed E-state index contributed by atoms with van der Waals surface area (Å²) < 4.78 is 26.2. The van der Waals surface area contributed by atoms with Crippen LogP contribution in [0.2, 0.25) is 0 Å². The van der Waals surface area contributed by atoms with Crippen molar-refractivity contribution < 1.29 is 47.7 Å². The molecule has 11 nitrogen and oxygen atoms in total. The van der Waals surface area contributed by atoms with Gasteiger partial charge in [-0.2, -0.15) is 11.8 Å². The molecule has 0 fully saturated rings. The molecule has 1 amide bonds. The van der Waals surface area contributed by atoms with Crippen molar-refractivity contribution in [2.75, 3.05) is 31.8 Å². The van der Waals surface area contributed by atoms with Crippen LogP contribution in [0.15, 0.2) is 0 Å². The van der Waals surface area contributed by atoms with Crippen LogP contribution in [-0.4, -0.2) is 85.0 Å². The maximum absolute atomic E-state index is 13.2. The van der Waals surface area contributed by atoms with E-state index in [1.54, 1.807) is 27.7 Å². The van der Waals surface area contributed by atoms with E-state index in [1.165, 1.54) is 18.9 Å². The minimum Gasteiger partial charge on any atom is -0.469 e. The number of thioether (sulfide) groups is 1. The number of methoxy groups -OCH3 is 1. The van der Waals surface area contributed by atoms with Gasteiger partial charge in [0.05, 0.1) is 37.7 Å². The Kier molecular flexibility index (Phi) is 17.0. The van der Waals surface area contributed by atoms with Gasteiger partial charge in [-0.1, -0.05) is 13.8 Å². The number of carbonyl (C=O) groups excluding carboxylic acids is 5. The smallest absolute Gasteiger partial charge is 0.408 e. The lowest BCUT2D eigenvalue weighted by Crippen LogP contribution is -2.46. The number of Topliss-reactive ketones (excluding diaryl/α,β-unsaturated/α-hetero) is 1. The van der Waals surface area contributed by atoms with E-state index in [1.807, 2.05) is 27.7 Å². The predicted molar refractivity (Wildman–Crippen MR) is 147 cm³/mol. The highest BCUT2D eigenvalue weighted by Gasteiger charge is 2.31. The maximum Gasteiger partial charge on any atom is 0.408 e. The van der Waals surface area contributed by atoms with Crippen LogP contribution < -0.4 is 5.32 Å². The van der Waals surface area contributed by atoms with Gasteiger partial charge in [0.2, 0.25) is 0 Å². The zero-order chi connectivity index (χ0) is 30.2. The number of ether oxygens (including phenoxy) is 5. The van der Waals surface area contributed by atoms with Gasteiger partial charge < -0.3 is 29.0 Å². The molecule has 0 aromatic rings. The summed E-state index contributed by atoms with van der Waals surface area (Å²) in [5.74, 6) is -2.17. The van der Waals surface area contributed by atoms with Gasteiger partial charge in [0.15, 0.2) is 5.78 Å². The van der Waals surface area contributed by atoms with E-state index in [2.05, 4.69) is 5.32 Å². The fourth-order valence-corrected chi connectivity index (χ4v) is 3.85. The molecule has 226 valence electrons. The van der Waals surface area contributed by atoms with Crippen LogP contribution in [0, 0.1) is 5.92 Å². The molecular weight excluding hydrogens is 530 g/mol. The van der Waals surface area contributed by atoms with Crippen molar-refractivity contribution in [3.63, 3.8) is 0 Å². The van der Waals surface area contributed by atoms with Crippen molar-refractivity contribution in [1.82, 2.24) is 5.32 Å². The number of rotatable bonds is 17. The number of hydrogen-bond donors (Lipinski definition) is 1. The van der Waals surface area contributed by atoms with E-state index in [9.17, 15) is 24.0 Å². The van der Waals surface area contributed by atoms with Crippen LogP contribution in [0.3, 0.4) is 0 Å². The zero-order valence-corrected chi connectivity index (χ0v) is 25.7. The van der Waals surface area contributed by atoms with Crippen LogP contribution in [0.5, 0.6) is 0 Å². The Labute approximate surface area is 236 Å². The van der Waals surface area contributed by atoms with Gasteiger partial charge >= 0.3 is 24.0 Å². The number of esters is 3. The number of amides is 1. The number of nitrogens with one attached hydrogen (secondary N) is 1. The average molecular weight is 578 g/mol. The van der Waals surface area contributed by atoms with Gasteiger partial charge in [0.25, 0.3) is 0 Å². The second-order valence-electron chi connectivity index (χ2n) is 10.9. The van der Waals surface area contributed by atoms with Crippen molar-refractivity contribution in [3.05, 3.63) is 0 Å². The third kappa shape index (κ3) is 18.6. The van der Waals surface area contributed by atoms with E-state index in [-0.39, 0.29) is 50.0 Å². The molecule has 0 unspecified atom stereocenters. The first kappa shape index (κ1) is 36.7. The van der Waals surface area contributed by atoms with Crippen LogP contribution in [0.25, 0.3) is 0 Å². The standard InChI is InChI=1S/C27H47NO10S/c1-10-19(37-22(30)11-2)15-23(31)35-12-13-39-17-20(28-25(33)38-27(6,7)8)21(29)14-18(24(32)34-9)16-36-26(3,4)5/h18-20H,10-17H2,1-9H3,(H,28,33)/t18-,19+,20-/m0/s1. The predicted octanol–water partition coefficient (Wildman–Crippen LogP) is 3.84. The molecule has 12 heteroatoms. The van der Waals surface area contributed by atoms with Gasteiger partial charge in [0, 0.05) is 24.3 Å². The Balaban J connectivity index is 5.10. The number of hydrogen-bond acceptors (Lipinski definition) is 11. The van der Waals surface area contributed by atoms with Gasteiger partial charge in [0.1, 0.15) is 18.3 Å². The number of ketones is 1. The first-order valence-corrected chi connectivity index (χ1v) is 14.3. The summed E-state index contributed by atoms with van der Waals surface area (Å²) in [4.78, 5) is 61.4. The molecule has 0 saturated carbocycles. The molecule has 0 aromatic carbocycles. The molecule has 0 spiro atoms. The highest BCUT2D eigenvalue weighted by atomic mass is 32.2. The number of carbonyl (C=O) groups is 5. The molecule has 39 heavy (non-hydrogen) atoms. The molecule has 0 aliphatic rings. The van der Waals surface area contributed by atoms with Crippen LogP contribution >= 0.6 is 11.8 Å². The summed E-state index contributed by atoms with van der Waals surface area (Å²) in [7, 11) is 1.24. The Morgan fingerprint density at radius 2 is 1.54 bits per heavy atom. The molecule has 0 radical (unpaired) electrons. The fourth-order valence-electron chi connectivity index (χ4n) is 2.98. The molecular formula is C27H47NO10S. The number of alkyl carbamates (subject to hydrolysis) is 1. The van der Waals surface area contributed by atoms with Gasteiger partial charge in [-0.15, -0.1) is 0 Å². The third-order valence-corrected chi connectivity index (χ3v) is 6.02. The highest BCUT2D eigenvalue weighted by molar-refractivity contribution is 7.99. The van der Waals surface area contributed by atoms with E-state index in [0.717, 1.165) is 0 Å². The summed E-state index contributed by atoms with van der Waals surface area (Å²) >= 11 is 1.29. The van der Waals surface area contributed by atoms with E-state index in [4.69, 9.17) is 23.7 Å². The minimum absolute atomic E-state index is 0.0174. The van der Waals surface area contributed by atoms with E-state index < -0.39 is 47.3 Å². The van der Waals surface area contributed by atoms with Gasteiger partial charge in [-0.05, 0) is 48.0 Å². The molecule has 3 atom stereocenters. The topological polar surface area (TPSA) is 144 Å². The summed E-state index contributed by atoms with van der Waals surface area (Å²) in [5.41, 5.74) is -1.29. The lowest BCUT2D eigenvalue weighted by Gasteiger charge is -2.25. The Bertz CT molecular complexity index is 803. The maximum atomic E-state index is 13.2. The lowest BCUT2D eigenvalue weighted by molar-refractivity contribution is -0.155. The van der Waals surface area contributed by atoms with Crippen LogP contribution in [-0.2, 0) is 42.9 Å². The summed E-state index contributed by atoms with van der Waals surface area (Å²) in [6.07, 6.45) is -0.830. The lowest BCUT2D eigenvalue weighted by atomic mass is 9.99. The first-order chi connectivity index (χ1) is 18.0. The molecule has 0 bridgehead atoms. The first-order valence-electron chi connectivity index (χ1n) is 13.2. The molecule has 0 aliphatic heterocycles. The van der Waals surface area contributed by atoms with Crippen molar-refractivity contribution in [3.8, 4) is 0 Å². The van der Waals surface area contributed by atoms with Gasteiger partial charge in [-0.3, -0.25) is 19.2 Å². The largest absolute Gasteiger partial charge is 0.469 e. The van der Waals surface area contributed by atoms with Crippen molar-refractivity contribution in [2.24, 2.45) is 5.92 Å². The molecule has 0 rings (SSSR count). The average Bonchev–Trinajstić information content (AvgIpc) is 2.82. The second-order valence-corrected chi connectivity index (χ2v) is 12.0. The van der Waals surface area contributed by atoms with E-state index >= 15 is 0 Å². The van der Waals surface area contributed by atoms with Crippen molar-refractivity contribution in [1.29, 1.82) is 0 Å². The molecule has 0 heterocycles. The minimum atomic E-state index is -0.958. The summed E-state index contributed by atoms with van der Waals surface area (Å²) in [5, 5.41) is 2.58. The van der Waals surface area contributed by atoms with Crippen LogP contribution in [0.4, 0.5) is 4.79 Å². The highest BCUT2D eigenvalue weighted by Crippen LogP contribution is 2.17. The van der Waals surface area contributed by atoms with E-state index in [0.29, 0.717) is 12.2 Å². The Morgan fingerprint density at radius 3 is 2.05 bits per heavy atom. The molecule has 0 aromatic heterocycles. The third-order valence-electron chi connectivity index (χ3n) is 4.99. The molecule has 0 saturated heterocycles.